The second-order valence-electron chi connectivity index (χ2n) is 21.0. The van der Waals surface area contributed by atoms with Gasteiger partial charge in [0.1, 0.15) is 6.10 Å². The quantitative estimate of drug-likeness (QED) is 0.131. The molecule has 6 aliphatic rings. The molecule has 5 saturated heterocycles. The molecule has 5 fully saturated rings. The molecule has 6 rings (SSSR count). The number of nitrogens with zero attached hydrogens (tertiary/aromatic N) is 7. The molecule has 6 aliphatic heterocycles. The van der Waals surface area contributed by atoms with Crippen LogP contribution in [0.2, 0.25) is 0 Å². The van der Waals surface area contributed by atoms with Crippen LogP contribution in [-0.4, -0.2) is 131 Å². The van der Waals surface area contributed by atoms with Crippen LogP contribution in [0, 0.1) is 0 Å². The molecular formula is C37H74N8O9P3+. The van der Waals surface area contributed by atoms with E-state index in [1.165, 1.54) is 20.3 Å². The number of hydrogen-bond acceptors (Lipinski definition) is 17. The summed E-state index contributed by atoms with van der Waals surface area (Å²) >= 11 is 0. The topological polar surface area (TPSA) is 189 Å². The third-order valence-electron chi connectivity index (χ3n) is 12.5. The molecule has 6 heterocycles. The lowest BCUT2D eigenvalue weighted by Gasteiger charge is -2.52. The van der Waals surface area contributed by atoms with Crippen molar-refractivity contribution >= 4 is 23.4 Å². The molecule has 1 unspecified atom stereocenters. The van der Waals surface area contributed by atoms with Crippen LogP contribution in [0.4, 0.5) is 0 Å². The van der Waals surface area contributed by atoms with Crippen LogP contribution >= 0.6 is 23.4 Å². The first kappa shape index (κ1) is 46.5. The second kappa shape index (κ2) is 16.6. The lowest BCUT2D eigenvalue weighted by atomic mass is 9.80. The maximum Gasteiger partial charge on any atom is 0.547 e. The molecule has 0 saturated carbocycles. The van der Waals surface area contributed by atoms with Gasteiger partial charge in [-0.05, 0) is 160 Å². The minimum Gasteiger partial charge on any atom is -0.317 e. The summed E-state index contributed by atoms with van der Waals surface area (Å²) in [7, 11) is -9.39. The molecule has 0 aliphatic carbocycles. The molecule has 0 aromatic carbocycles. The minimum absolute atomic E-state index is 0.106. The fourth-order valence-corrected chi connectivity index (χ4v) is 18.7. The van der Waals surface area contributed by atoms with Crippen LogP contribution in [0.25, 0.3) is 0 Å². The molecule has 17 nitrogen and oxygen atoms in total. The number of hydrogen-bond donors (Lipinski definition) is 5. The van der Waals surface area contributed by atoms with Gasteiger partial charge in [0.05, 0.1) is 24.4 Å². The number of rotatable bonds is 10. The molecular weight excluding hydrogens is 793 g/mol. The molecule has 57 heavy (non-hydrogen) atoms. The van der Waals surface area contributed by atoms with Crippen molar-refractivity contribution in [2.24, 2.45) is 13.5 Å². The zero-order valence-electron chi connectivity index (χ0n) is 36.6. The Morgan fingerprint density at radius 3 is 1.25 bits per heavy atom. The molecule has 5 N–H and O–H groups in total. The van der Waals surface area contributed by atoms with Crippen molar-refractivity contribution in [2.75, 3.05) is 26.2 Å². The first-order valence-corrected chi connectivity index (χ1v) is 25.2. The van der Waals surface area contributed by atoms with Crippen LogP contribution in [0.15, 0.2) is 13.5 Å². The Labute approximate surface area is 342 Å². The zero-order valence-corrected chi connectivity index (χ0v) is 39.3. The van der Waals surface area contributed by atoms with E-state index in [0.717, 1.165) is 25.9 Å². The Morgan fingerprint density at radius 2 is 0.860 bits per heavy atom. The summed E-state index contributed by atoms with van der Waals surface area (Å²) in [4.78, 5) is 0. The summed E-state index contributed by atoms with van der Waals surface area (Å²) < 4.78 is 52.3. The van der Waals surface area contributed by atoms with Gasteiger partial charge in [-0.2, -0.15) is 20.3 Å². The molecule has 0 bridgehead atoms. The average Bonchev–Trinajstić information content (AvgIpc) is 3.05. The monoisotopic (exact) mass is 867 g/mol. The zero-order chi connectivity index (χ0) is 42.0. The third kappa shape index (κ3) is 10.6. The number of hydroxylamine groups is 8. The van der Waals surface area contributed by atoms with Crippen LogP contribution in [0.5, 0.6) is 0 Å². The van der Waals surface area contributed by atoms with Crippen LogP contribution < -0.4 is 5.32 Å². The summed E-state index contributed by atoms with van der Waals surface area (Å²) in [5, 5.41) is 53.3. The van der Waals surface area contributed by atoms with Crippen molar-refractivity contribution in [2.45, 2.75) is 211 Å². The van der Waals surface area contributed by atoms with Gasteiger partial charge >= 0.3 is 23.4 Å². The highest BCUT2D eigenvalue weighted by molar-refractivity contribution is 7.74. The summed E-state index contributed by atoms with van der Waals surface area (Å²) in [5.74, 6) is 0. The van der Waals surface area contributed by atoms with Gasteiger partial charge in [-0.3, -0.25) is 0 Å². The molecule has 0 aromatic heterocycles. The third-order valence-corrected chi connectivity index (χ3v) is 20.1. The average molecular weight is 868 g/mol. The molecule has 20 heteroatoms. The summed E-state index contributed by atoms with van der Waals surface area (Å²) in [6, 6.07) is 0. The van der Waals surface area contributed by atoms with E-state index in [0.29, 0.717) is 64.5 Å². The maximum atomic E-state index is 11.3. The highest BCUT2D eigenvalue weighted by atomic mass is 31.3. The number of nitrogens with one attached hydrogen (secondary N) is 1. The second-order valence-corrected chi connectivity index (χ2v) is 26.7. The first-order chi connectivity index (χ1) is 26.2. The lowest BCUT2D eigenvalue weighted by Crippen LogP contribution is -2.61. The van der Waals surface area contributed by atoms with E-state index in [1.807, 2.05) is 83.1 Å². The molecule has 2 atom stereocenters. The normalized spacial score (nSPS) is 34.0. The Balaban J connectivity index is 1.53. The summed E-state index contributed by atoms with van der Waals surface area (Å²) in [6.45, 7) is 26.5. The fraction of sp³-hybridized carbons (Fsp3) is 1.00. The molecule has 0 radical (unpaired) electrons. The van der Waals surface area contributed by atoms with Crippen molar-refractivity contribution in [3.8, 4) is 0 Å². The molecule has 0 aromatic rings. The smallest absolute Gasteiger partial charge is 0.317 e. The van der Waals surface area contributed by atoms with Gasteiger partial charge in [0.2, 0.25) is 0 Å². The van der Waals surface area contributed by atoms with E-state index in [-0.39, 0.29) is 12.2 Å². The van der Waals surface area contributed by atoms with Crippen LogP contribution in [-0.2, 0) is 22.6 Å². The van der Waals surface area contributed by atoms with Gasteiger partial charge in [-0.15, -0.1) is 9.04 Å². The molecule has 330 valence electrons. The van der Waals surface area contributed by atoms with E-state index in [2.05, 4.69) is 5.32 Å². The van der Waals surface area contributed by atoms with Gasteiger partial charge in [0.15, 0.2) is 0 Å². The SMILES string of the molecule is CC1(C)CC(OP2(OC3CC(C)(C)N(O)C(C)(C)C3)=N[P+](OC3CCNCC3)=N[P@](OC3CCN(O)CC3)(OC3CC(C)(C)N(O)C(C)(C)C3)=N2)CC(C)(C)N1O. The van der Waals surface area contributed by atoms with Crippen molar-refractivity contribution in [1.29, 1.82) is 0 Å². The fourth-order valence-electron chi connectivity index (χ4n) is 10.2. The van der Waals surface area contributed by atoms with Crippen LogP contribution in [0.3, 0.4) is 0 Å². The highest BCUT2D eigenvalue weighted by Crippen LogP contribution is 2.77. The van der Waals surface area contributed by atoms with Crippen LogP contribution in [0.1, 0.15) is 147 Å². The number of piperidine rings is 5. The van der Waals surface area contributed by atoms with Gasteiger partial charge in [-0.1, -0.05) is 0 Å². The maximum absolute atomic E-state index is 11.3. The van der Waals surface area contributed by atoms with Crippen molar-refractivity contribution in [3.63, 3.8) is 0 Å². The molecule has 0 amide bonds. The predicted octanol–water partition coefficient (Wildman–Crippen LogP) is 9.31. The standard InChI is InChI=1S/C37H74N8O9P3/c1-32(2)21-29(22-33(3,4)43(32)47)52-56(51-28-15-19-42(46)20-16-28)39-55(50-27-13-17-38-18-14-27)40-57(41-56,53-30-23-34(5,6)44(48)35(7,8)24-30)54-31-25-36(9,10)45(49)37(11,12)26-31/h27-31,38,46-49H,13-26H2,1-12H3/q+1/t56-/m0/s1. The van der Waals surface area contributed by atoms with Gasteiger partial charge in [0, 0.05) is 55.4 Å². The largest absolute Gasteiger partial charge is 0.547 e. The Bertz CT molecular complexity index is 1490. The van der Waals surface area contributed by atoms with Crippen molar-refractivity contribution in [3.05, 3.63) is 0 Å². The Hall–Kier alpha value is 0.000000000000000125. The summed E-state index contributed by atoms with van der Waals surface area (Å²) in [5.41, 5.74) is -3.78. The van der Waals surface area contributed by atoms with Crippen molar-refractivity contribution in [1.82, 2.24) is 25.6 Å². The first-order valence-electron chi connectivity index (χ1n) is 21.0. The van der Waals surface area contributed by atoms with Crippen molar-refractivity contribution < 1.29 is 43.4 Å². The minimum atomic E-state index is -3.74. The van der Waals surface area contributed by atoms with E-state index >= 15 is 0 Å². The predicted molar refractivity (Wildman–Crippen MR) is 220 cm³/mol. The van der Waals surface area contributed by atoms with E-state index in [9.17, 15) is 20.8 Å². The summed E-state index contributed by atoms with van der Waals surface area (Å²) in [6.07, 6.45) is 3.94. The van der Waals surface area contributed by atoms with Gasteiger partial charge < -0.3 is 44.2 Å². The van der Waals surface area contributed by atoms with E-state index < -0.39 is 75.0 Å². The van der Waals surface area contributed by atoms with Gasteiger partial charge in [-0.25, -0.2) is 0 Å². The Kier molecular flexibility index (Phi) is 13.5. The lowest BCUT2D eigenvalue weighted by molar-refractivity contribution is -0.258. The van der Waals surface area contributed by atoms with E-state index in [4.69, 9.17) is 36.2 Å². The van der Waals surface area contributed by atoms with E-state index in [1.54, 1.807) is 0 Å². The van der Waals surface area contributed by atoms with Gasteiger partial charge in [0.25, 0.3) is 0 Å². The highest BCUT2D eigenvalue weighted by Gasteiger charge is 2.56. The Morgan fingerprint density at radius 1 is 0.509 bits per heavy atom. The molecule has 0 spiro atoms.